The average Bonchev–Trinajstić information content (AvgIpc) is 2.19. The molecule has 0 aromatic carbocycles. The summed E-state index contributed by atoms with van der Waals surface area (Å²) in [7, 11) is 0. The second kappa shape index (κ2) is 13.3. The SMILES string of the molecule is C=C(C)CC(O)COCCOCCO.O=P(O)(Cl)Cl. The van der Waals surface area contributed by atoms with Gasteiger partial charge in [-0.1, -0.05) is 5.57 Å². The lowest BCUT2D eigenvalue weighted by Gasteiger charge is -2.10. The molecule has 19 heavy (non-hydrogen) atoms. The maximum atomic E-state index is 9.36. The van der Waals surface area contributed by atoms with Crippen molar-refractivity contribution in [3.8, 4) is 0 Å². The van der Waals surface area contributed by atoms with Crippen molar-refractivity contribution < 1.29 is 29.1 Å². The van der Waals surface area contributed by atoms with Gasteiger partial charge >= 0.3 is 6.07 Å². The van der Waals surface area contributed by atoms with E-state index in [0.717, 1.165) is 5.57 Å². The van der Waals surface area contributed by atoms with Crippen LogP contribution in [0.15, 0.2) is 12.2 Å². The molecule has 9 heteroatoms. The van der Waals surface area contributed by atoms with Crippen LogP contribution in [0.3, 0.4) is 0 Å². The molecule has 0 saturated carbocycles. The molecule has 1 unspecified atom stereocenters. The first-order valence-corrected chi connectivity index (χ1v) is 8.94. The normalized spacial score (nSPS) is 12.5. The number of hydrogen-bond donors (Lipinski definition) is 3. The molecular weight excluding hydrogens is 318 g/mol. The van der Waals surface area contributed by atoms with Gasteiger partial charge in [0.15, 0.2) is 0 Å². The molecule has 0 radical (unpaired) electrons. The van der Waals surface area contributed by atoms with Crippen LogP contribution < -0.4 is 0 Å². The average molecular weight is 339 g/mol. The summed E-state index contributed by atoms with van der Waals surface area (Å²) in [5.41, 5.74) is 0.942. The Morgan fingerprint density at radius 2 is 1.79 bits per heavy atom. The van der Waals surface area contributed by atoms with Gasteiger partial charge in [-0.15, -0.1) is 6.58 Å². The minimum Gasteiger partial charge on any atom is -0.394 e. The van der Waals surface area contributed by atoms with Gasteiger partial charge < -0.3 is 24.6 Å². The molecule has 1 atom stereocenters. The molecule has 0 saturated heterocycles. The molecule has 3 N–H and O–H groups in total. The Labute approximate surface area is 123 Å². The van der Waals surface area contributed by atoms with Gasteiger partial charge in [-0.05, 0) is 35.8 Å². The number of aliphatic hydroxyl groups excluding tert-OH is 2. The molecule has 0 heterocycles. The van der Waals surface area contributed by atoms with E-state index in [9.17, 15) is 9.67 Å². The molecule has 0 amide bonds. The summed E-state index contributed by atoms with van der Waals surface area (Å²) in [6, 6.07) is 0. The van der Waals surface area contributed by atoms with E-state index >= 15 is 0 Å². The third-order valence-corrected chi connectivity index (χ3v) is 1.50. The number of ether oxygens (including phenoxy) is 2. The van der Waals surface area contributed by atoms with Crippen LogP contribution >= 0.6 is 28.6 Å². The Hall–Kier alpha value is 0.350. The Morgan fingerprint density at radius 1 is 1.32 bits per heavy atom. The van der Waals surface area contributed by atoms with Gasteiger partial charge in [0.05, 0.1) is 39.1 Å². The van der Waals surface area contributed by atoms with E-state index in [2.05, 4.69) is 29.1 Å². The number of aliphatic hydroxyl groups is 2. The highest BCUT2D eigenvalue weighted by atomic mass is 35.9. The molecule has 116 valence electrons. The molecular formula is C10H21Cl2O6P. The first kappa shape index (κ1) is 21.6. The summed E-state index contributed by atoms with van der Waals surface area (Å²) >= 11 is 8.81. The van der Waals surface area contributed by atoms with Crippen LogP contribution in [-0.2, 0) is 14.0 Å². The van der Waals surface area contributed by atoms with E-state index in [4.69, 9.17) is 19.5 Å². The van der Waals surface area contributed by atoms with Gasteiger partial charge in [0.1, 0.15) is 0 Å². The molecule has 0 spiro atoms. The van der Waals surface area contributed by atoms with Crippen molar-refractivity contribution in [1.82, 2.24) is 0 Å². The Morgan fingerprint density at radius 3 is 2.21 bits per heavy atom. The van der Waals surface area contributed by atoms with E-state index in [-0.39, 0.29) is 6.61 Å². The fourth-order valence-electron chi connectivity index (χ4n) is 0.965. The number of hydrogen-bond acceptors (Lipinski definition) is 5. The summed E-state index contributed by atoms with van der Waals surface area (Å²) in [6.45, 7) is 7.11. The van der Waals surface area contributed by atoms with Gasteiger partial charge in [0.2, 0.25) is 0 Å². The van der Waals surface area contributed by atoms with Crippen molar-refractivity contribution in [2.75, 3.05) is 33.0 Å². The van der Waals surface area contributed by atoms with Crippen molar-refractivity contribution >= 4 is 28.6 Å². The third kappa shape index (κ3) is 32.2. The summed E-state index contributed by atoms with van der Waals surface area (Å²) in [6.07, 6.45) is -3.61. The summed E-state index contributed by atoms with van der Waals surface area (Å²) in [5.74, 6) is 0. The van der Waals surface area contributed by atoms with Gasteiger partial charge in [0, 0.05) is 0 Å². The second-order valence-corrected chi connectivity index (χ2v) is 7.80. The van der Waals surface area contributed by atoms with Crippen LogP contribution in [0.4, 0.5) is 0 Å². The first-order chi connectivity index (χ1) is 8.66. The van der Waals surface area contributed by atoms with Crippen LogP contribution in [0.25, 0.3) is 0 Å². The highest BCUT2D eigenvalue weighted by molar-refractivity contribution is 8.04. The van der Waals surface area contributed by atoms with E-state index in [1.165, 1.54) is 0 Å². The zero-order chi connectivity index (χ0) is 15.3. The second-order valence-electron chi connectivity index (χ2n) is 3.66. The van der Waals surface area contributed by atoms with Crippen molar-refractivity contribution in [3.63, 3.8) is 0 Å². The molecule has 0 bridgehead atoms. The van der Waals surface area contributed by atoms with Crippen LogP contribution in [0, 0.1) is 0 Å². The molecule has 0 aliphatic carbocycles. The maximum Gasteiger partial charge on any atom is 0.377 e. The largest absolute Gasteiger partial charge is 0.394 e. The Kier molecular flexibility index (Phi) is 15.2. The van der Waals surface area contributed by atoms with Crippen LogP contribution in [0.5, 0.6) is 0 Å². The molecule has 0 aliphatic rings. The number of halogens is 2. The van der Waals surface area contributed by atoms with Gasteiger partial charge in [-0.2, -0.15) is 0 Å². The maximum absolute atomic E-state index is 9.36. The highest BCUT2D eigenvalue weighted by Crippen LogP contribution is 2.51. The quantitative estimate of drug-likeness (QED) is 0.337. The van der Waals surface area contributed by atoms with Crippen LogP contribution in [0.1, 0.15) is 13.3 Å². The topological polar surface area (TPSA) is 96.2 Å². The lowest BCUT2D eigenvalue weighted by molar-refractivity contribution is -0.00164. The van der Waals surface area contributed by atoms with Crippen LogP contribution in [-0.4, -0.2) is 54.2 Å². The fraction of sp³-hybridized carbons (Fsp3) is 0.800. The van der Waals surface area contributed by atoms with Crippen LogP contribution in [0.2, 0.25) is 0 Å². The van der Waals surface area contributed by atoms with Crippen molar-refractivity contribution in [2.45, 2.75) is 19.4 Å². The van der Waals surface area contributed by atoms with Gasteiger partial charge in [0.25, 0.3) is 0 Å². The zero-order valence-electron chi connectivity index (χ0n) is 10.8. The summed E-state index contributed by atoms with van der Waals surface area (Å²) < 4.78 is 19.4. The molecule has 0 aliphatic heterocycles. The lowest BCUT2D eigenvalue weighted by atomic mass is 10.1. The molecule has 6 nitrogen and oxygen atoms in total. The predicted octanol–water partition coefficient (Wildman–Crippen LogP) is 1.90. The molecule has 0 rings (SSSR count). The fourth-order valence-corrected chi connectivity index (χ4v) is 0.965. The standard InChI is InChI=1S/C10H20O4.Cl2HO2P/c1-9(2)7-10(12)8-14-6-5-13-4-3-11;1-5(2,3)4/h10-12H,1,3-8H2,2H3;(H,3,4). The van der Waals surface area contributed by atoms with E-state index in [1.807, 2.05) is 6.92 Å². The summed E-state index contributed by atoms with van der Waals surface area (Å²) in [5, 5.41) is 17.8. The van der Waals surface area contributed by atoms with Gasteiger partial charge in [-0.3, -0.25) is 4.57 Å². The van der Waals surface area contributed by atoms with Crippen molar-refractivity contribution in [2.24, 2.45) is 0 Å². The summed E-state index contributed by atoms with van der Waals surface area (Å²) in [4.78, 5) is 7.61. The third-order valence-electron chi connectivity index (χ3n) is 1.50. The van der Waals surface area contributed by atoms with Crippen molar-refractivity contribution in [3.05, 3.63) is 12.2 Å². The van der Waals surface area contributed by atoms with E-state index < -0.39 is 12.2 Å². The zero-order valence-corrected chi connectivity index (χ0v) is 13.2. The highest BCUT2D eigenvalue weighted by Gasteiger charge is 2.03. The first-order valence-electron chi connectivity index (χ1n) is 5.47. The Balaban J connectivity index is 0. The lowest BCUT2D eigenvalue weighted by Crippen LogP contribution is -2.17. The molecule has 0 aromatic rings. The molecule has 0 fully saturated rings. The predicted molar refractivity (Wildman–Crippen MR) is 75.7 cm³/mol. The monoisotopic (exact) mass is 338 g/mol. The molecule has 0 aromatic heterocycles. The van der Waals surface area contributed by atoms with E-state index in [0.29, 0.717) is 32.8 Å². The number of rotatable bonds is 9. The van der Waals surface area contributed by atoms with Gasteiger partial charge in [-0.25, -0.2) is 0 Å². The minimum absolute atomic E-state index is 0.0261. The van der Waals surface area contributed by atoms with E-state index in [1.54, 1.807) is 0 Å². The minimum atomic E-state index is -3.69. The smallest absolute Gasteiger partial charge is 0.377 e. The Bertz CT molecular complexity index is 262. The van der Waals surface area contributed by atoms with Crippen molar-refractivity contribution in [1.29, 1.82) is 0 Å².